The van der Waals surface area contributed by atoms with Crippen molar-refractivity contribution in [1.29, 1.82) is 0 Å². The Kier molecular flexibility index (Phi) is 9.26. The van der Waals surface area contributed by atoms with Gasteiger partial charge in [-0.15, -0.1) is 36.4 Å². The van der Waals surface area contributed by atoms with Gasteiger partial charge in [0.25, 0.3) is 0 Å². The molecular weight excluding hydrogens is 552 g/mol. The van der Waals surface area contributed by atoms with Gasteiger partial charge in [-0.2, -0.15) is 0 Å². The number of anilines is 2. The largest absolute Gasteiger partial charge is 2.00 e. The monoisotopic (exact) mass is 588 g/mol. The van der Waals surface area contributed by atoms with E-state index in [1.807, 2.05) is 0 Å². The molecule has 0 N–H and O–H groups in total. The first-order valence-electron chi connectivity index (χ1n) is 11.8. The zero-order valence-electron chi connectivity index (χ0n) is 22.0. The summed E-state index contributed by atoms with van der Waals surface area (Å²) in [5.74, 6) is -2.31. The van der Waals surface area contributed by atoms with E-state index in [1.54, 1.807) is 12.1 Å². The van der Waals surface area contributed by atoms with Crippen LogP contribution in [0, 0.1) is 35.4 Å². The van der Waals surface area contributed by atoms with Crippen molar-refractivity contribution in [3.05, 3.63) is 59.7 Å². The molecule has 4 rings (SSSR count). The van der Waals surface area contributed by atoms with Crippen molar-refractivity contribution in [2.45, 2.75) is 76.6 Å². The maximum atomic E-state index is 13.9. The molecule has 0 saturated carbocycles. The van der Waals surface area contributed by atoms with Gasteiger partial charge in [-0.1, -0.05) is 63.8 Å². The predicted molar refractivity (Wildman–Crippen MR) is 145 cm³/mol. The molecule has 0 radical (unpaired) electrons. The Balaban J connectivity index is 0.000000240. The smallest absolute Gasteiger partial charge is 0.477 e. The van der Waals surface area contributed by atoms with Crippen molar-refractivity contribution in [2.75, 3.05) is 8.46 Å². The molecule has 0 atom stereocenters. The maximum absolute atomic E-state index is 13.9. The minimum Gasteiger partial charge on any atom is -0.477 e. The van der Waals surface area contributed by atoms with E-state index in [0.717, 1.165) is 0 Å². The Labute approximate surface area is 227 Å². The van der Waals surface area contributed by atoms with Crippen LogP contribution in [0.25, 0.3) is 0 Å². The average Bonchev–Trinajstić information content (AvgIpc) is 3.04. The fraction of sp³-hybridized carbons (Fsp3) is 0.500. The van der Waals surface area contributed by atoms with Gasteiger partial charge in [-0.25, -0.2) is 17.6 Å². The summed E-state index contributed by atoms with van der Waals surface area (Å²) in [7, 11) is -6.33. The molecule has 2 aliphatic rings. The molecule has 2 heterocycles. The standard InChI is InChI=1S/2C12H18F2NSi2.Ti/c2*1-16(2)7-8-17(3,4)15(16)12-6-5-10(13)9-11(12)14;/h2*5-6H,7-8H2,1-4H3;/q2*-1;+2. The number of rotatable bonds is 2. The quantitative estimate of drug-likeness (QED) is 0.199. The van der Waals surface area contributed by atoms with Gasteiger partial charge in [-0.3, -0.25) is 0 Å². The van der Waals surface area contributed by atoms with Crippen LogP contribution < -0.4 is 8.46 Å². The summed E-state index contributed by atoms with van der Waals surface area (Å²) in [6.07, 6.45) is 0. The molecule has 2 aromatic rings. The molecule has 2 nitrogen and oxygen atoms in total. The molecule has 0 spiro atoms. The molecule has 2 fully saturated rings. The number of benzene rings is 2. The third-order valence-electron chi connectivity index (χ3n) is 7.28. The second kappa shape index (κ2) is 10.6. The van der Waals surface area contributed by atoms with Gasteiger partial charge in [0, 0.05) is 23.3 Å². The van der Waals surface area contributed by atoms with Crippen LogP contribution in [0.4, 0.5) is 28.9 Å². The number of halogens is 4. The number of nitrogens with zero attached hydrogens (tertiary/aromatic N) is 2. The molecule has 0 aliphatic carbocycles. The molecule has 0 unspecified atom stereocenters. The van der Waals surface area contributed by atoms with E-state index >= 15 is 0 Å². The van der Waals surface area contributed by atoms with Gasteiger partial charge in [-0.05, 0) is 24.2 Å². The Bertz CT molecular complexity index is 950. The Morgan fingerprint density at radius 1 is 0.543 bits per heavy atom. The maximum Gasteiger partial charge on any atom is 2.00 e. The summed E-state index contributed by atoms with van der Waals surface area (Å²) in [5.41, 5.74) is 1.13. The van der Waals surface area contributed by atoms with Crippen molar-refractivity contribution < 1.29 is 39.3 Å². The molecule has 2 aromatic carbocycles. The average molecular weight is 589 g/mol. The second-order valence-electron chi connectivity index (χ2n) is 11.9. The summed E-state index contributed by atoms with van der Waals surface area (Å²) in [5, 5.41) is 0. The van der Waals surface area contributed by atoms with Crippen LogP contribution in [-0.2, 0) is 21.7 Å². The summed E-state index contributed by atoms with van der Waals surface area (Å²) < 4.78 is 58.3. The van der Waals surface area contributed by atoms with Crippen molar-refractivity contribution >= 4 is 44.3 Å². The van der Waals surface area contributed by atoms with E-state index in [0.29, 0.717) is 11.4 Å². The number of hydrogen-bond donors (Lipinski definition) is 0. The molecule has 2 aliphatic heterocycles. The topological polar surface area (TPSA) is 6.48 Å². The Hall–Kier alpha value is -0.658. The SMILES string of the molecule is C[Si]1(C)CC[Si](C)(C)N1c1ccc(F)[c-]c1F.C[Si]1(C)CC[Si](C)(C)N1c1ccc(F)[c-]c1F.[Ti+2]. The molecular formula is C24H36F4N2Si4Ti. The zero-order chi connectivity index (χ0) is 25.7. The van der Waals surface area contributed by atoms with E-state index in [1.165, 1.54) is 36.3 Å². The normalized spacial score (nSPS) is 21.3. The summed E-state index contributed by atoms with van der Waals surface area (Å²) in [6, 6.07) is 14.9. The van der Waals surface area contributed by atoms with Crippen LogP contribution in [0.1, 0.15) is 0 Å². The summed E-state index contributed by atoms with van der Waals surface area (Å²) in [6.45, 7) is 18.1. The Morgan fingerprint density at radius 3 is 1.03 bits per heavy atom. The second-order valence-corrected chi connectivity index (χ2v) is 31.1. The van der Waals surface area contributed by atoms with Gasteiger partial charge in [0.15, 0.2) is 0 Å². The minimum absolute atomic E-state index is 0. The molecule has 190 valence electrons. The molecule has 35 heavy (non-hydrogen) atoms. The van der Waals surface area contributed by atoms with Crippen LogP contribution in [0.3, 0.4) is 0 Å². The van der Waals surface area contributed by atoms with Gasteiger partial charge in [0.2, 0.25) is 0 Å². The van der Waals surface area contributed by atoms with Gasteiger partial charge >= 0.3 is 21.7 Å². The van der Waals surface area contributed by atoms with Gasteiger partial charge < -0.3 is 8.46 Å². The first-order valence-corrected chi connectivity index (χ1v) is 24.5. The zero-order valence-corrected chi connectivity index (χ0v) is 27.6. The summed E-state index contributed by atoms with van der Waals surface area (Å²) in [4.78, 5) is 0. The van der Waals surface area contributed by atoms with E-state index < -0.39 is 56.2 Å². The van der Waals surface area contributed by atoms with Crippen LogP contribution in [0.5, 0.6) is 0 Å². The van der Waals surface area contributed by atoms with E-state index in [4.69, 9.17) is 0 Å². The van der Waals surface area contributed by atoms with Gasteiger partial charge in [0.1, 0.15) is 32.9 Å². The first kappa shape index (κ1) is 30.6. The first-order chi connectivity index (χ1) is 15.5. The van der Waals surface area contributed by atoms with Crippen LogP contribution >= 0.6 is 0 Å². The molecule has 0 aromatic heterocycles. The molecule has 2 saturated heterocycles. The van der Waals surface area contributed by atoms with Crippen molar-refractivity contribution in [3.8, 4) is 0 Å². The third kappa shape index (κ3) is 6.44. The van der Waals surface area contributed by atoms with E-state index in [2.05, 4.69) is 73.0 Å². The van der Waals surface area contributed by atoms with Gasteiger partial charge in [0.05, 0.1) is 0 Å². The minimum atomic E-state index is -1.58. The molecule has 11 heteroatoms. The van der Waals surface area contributed by atoms with Crippen molar-refractivity contribution in [3.63, 3.8) is 0 Å². The van der Waals surface area contributed by atoms with Crippen LogP contribution in [0.15, 0.2) is 24.3 Å². The fourth-order valence-corrected chi connectivity index (χ4v) is 34.3. The van der Waals surface area contributed by atoms with E-state index in [-0.39, 0.29) is 21.7 Å². The van der Waals surface area contributed by atoms with Crippen molar-refractivity contribution in [2.24, 2.45) is 0 Å². The summed E-state index contributed by atoms with van der Waals surface area (Å²) >= 11 is 0. The van der Waals surface area contributed by atoms with Crippen molar-refractivity contribution in [1.82, 2.24) is 0 Å². The van der Waals surface area contributed by atoms with Crippen LogP contribution in [0.2, 0.25) is 76.6 Å². The molecule has 0 bridgehead atoms. The molecule has 0 amide bonds. The predicted octanol–water partition coefficient (Wildman–Crippen LogP) is 7.99. The number of hydrogen-bond acceptors (Lipinski definition) is 2. The Morgan fingerprint density at radius 2 is 0.800 bits per heavy atom. The van der Waals surface area contributed by atoms with E-state index in [9.17, 15) is 17.6 Å². The van der Waals surface area contributed by atoms with Crippen LogP contribution in [-0.4, -0.2) is 32.9 Å². The third-order valence-corrected chi connectivity index (χ3v) is 27.2. The fourth-order valence-electron chi connectivity index (χ4n) is 5.83.